The number of halogens is 1. The maximum Gasteiger partial charge on any atom is 0.211 e. The Kier molecular flexibility index (Phi) is 3.16. The molecule has 1 N–H and O–H groups in total. The molecule has 4 heterocycles. The van der Waals surface area contributed by atoms with E-state index in [0.717, 1.165) is 16.9 Å². The topological polar surface area (TPSA) is 59.3 Å². The zero-order valence-electron chi connectivity index (χ0n) is 12.3. The molecule has 23 heavy (non-hydrogen) atoms. The summed E-state index contributed by atoms with van der Waals surface area (Å²) in [5.41, 5.74) is 3.66. The summed E-state index contributed by atoms with van der Waals surface area (Å²) in [6, 6.07) is 9.19. The Balaban J connectivity index is 1.72. The molecule has 3 aromatic heterocycles. The number of anilines is 1. The number of pyridine rings is 2. The Morgan fingerprint density at radius 3 is 3.09 bits per heavy atom. The van der Waals surface area contributed by atoms with E-state index in [1.807, 2.05) is 25.1 Å². The molecule has 1 atom stereocenters. The Hall–Kier alpha value is -2.66. The lowest BCUT2D eigenvalue weighted by Crippen LogP contribution is -2.18. The van der Waals surface area contributed by atoms with Gasteiger partial charge in [-0.3, -0.25) is 9.78 Å². The van der Waals surface area contributed by atoms with Crippen LogP contribution in [-0.4, -0.2) is 20.4 Å². The molecule has 0 saturated carbocycles. The number of carbonyl (C=O) groups excluding carboxylic acids is 1. The van der Waals surface area contributed by atoms with E-state index in [1.54, 1.807) is 35.2 Å². The fraction of sp³-hybridized carbons (Fsp3) is 0.118. The van der Waals surface area contributed by atoms with Gasteiger partial charge in [0.1, 0.15) is 5.69 Å². The highest BCUT2D eigenvalue weighted by Crippen LogP contribution is 2.33. The number of hydrogen-bond acceptors (Lipinski definition) is 4. The molecule has 1 aliphatic heterocycles. The van der Waals surface area contributed by atoms with Gasteiger partial charge in [0.05, 0.1) is 21.9 Å². The second-order valence-electron chi connectivity index (χ2n) is 5.48. The number of ketones is 1. The van der Waals surface area contributed by atoms with Crippen molar-refractivity contribution in [3.05, 3.63) is 70.9 Å². The highest BCUT2D eigenvalue weighted by Gasteiger charge is 2.27. The number of rotatable bonds is 2. The summed E-state index contributed by atoms with van der Waals surface area (Å²) in [5, 5.41) is 8.04. The highest BCUT2D eigenvalue weighted by molar-refractivity contribution is 6.30. The first-order chi connectivity index (χ1) is 11.1. The largest absolute Gasteiger partial charge is 0.360 e. The van der Waals surface area contributed by atoms with E-state index in [0.29, 0.717) is 16.3 Å². The van der Waals surface area contributed by atoms with E-state index in [-0.39, 0.29) is 11.7 Å². The summed E-state index contributed by atoms with van der Waals surface area (Å²) in [5.74, 6) is -0.200. The van der Waals surface area contributed by atoms with Crippen LogP contribution in [0.25, 0.3) is 5.52 Å². The zero-order valence-corrected chi connectivity index (χ0v) is 13.1. The standard InChI is InChI=1S/C17H13ClN4O/c1-10-13(8-20-14-3-2-6-19-16(10)14)17(23)15-7-12-5-4-11(18)9-22(12)21-15/h2-10,20H,1H3. The number of Topliss-reactive ketones (excluding diaryl/α,β-unsaturated/α-hetero) is 1. The van der Waals surface area contributed by atoms with Gasteiger partial charge in [-0.05, 0) is 30.3 Å². The number of fused-ring (bicyclic) bond motifs is 2. The fourth-order valence-electron chi connectivity index (χ4n) is 2.80. The van der Waals surface area contributed by atoms with Crippen molar-refractivity contribution in [2.45, 2.75) is 12.8 Å². The van der Waals surface area contributed by atoms with Crippen LogP contribution < -0.4 is 5.32 Å². The van der Waals surface area contributed by atoms with Crippen molar-refractivity contribution in [1.82, 2.24) is 14.6 Å². The smallest absolute Gasteiger partial charge is 0.211 e. The van der Waals surface area contributed by atoms with E-state index in [2.05, 4.69) is 15.4 Å². The lowest BCUT2D eigenvalue weighted by atomic mass is 9.90. The quantitative estimate of drug-likeness (QED) is 0.730. The molecular weight excluding hydrogens is 312 g/mol. The van der Waals surface area contributed by atoms with E-state index < -0.39 is 0 Å². The molecule has 0 aromatic carbocycles. The molecule has 114 valence electrons. The molecule has 1 unspecified atom stereocenters. The highest BCUT2D eigenvalue weighted by atomic mass is 35.5. The Morgan fingerprint density at radius 1 is 1.35 bits per heavy atom. The molecule has 4 rings (SSSR count). The van der Waals surface area contributed by atoms with E-state index >= 15 is 0 Å². The summed E-state index contributed by atoms with van der Waals surface area (Å²) in [4.78, 5) is 17.2. The number of carbonyl (C=O) groups is 1. The van der Waals surface area contributed by atoms with Gasteiger partial charge in [0.25, 0.3) is 0 Å². The molecule has 0 spiro atoms. The van der Waals surface area contributed by atoms with Crippen LogP contribution in [0.1, 0.15) is 29.0 Å². The van der Waals surface area contributed by atoms with Crippen LogP contribution >= 0.6 is 11.6 Å². The lowest BCUT2D eigenvalue weighted by Gasteiger charge is -2.22. The summed E-state index contributed by atoms with van der Waals surface area (Å²) in [6.45, 7) is 1.98. The van der Waals surface area contributed by atoms with Gasteiger partial charge in [-0.15, -0.1) is 0 Å². The molecule has 0 bridgehead atoms. The number of aromatic nitrogens is 3. The van der Waals surface area contributed by atoms with Crippen LogP contribution in [0.2, 0.25) is 5.02 Å². The Morgan fingerprint density at radius 2 is 2.22 bits per heavy atom. The molecule has 0 aliphatic carbocycles. The van der Waals surface area contributed by atoms with Crippen molar-refractivity contribution in [2.24, 2.45) is 0 Å². The van der Waals surface area contributed by atoms with Crippen molar-refractivity contribution >= 4 is 28.6 Å². The first-order valence-electron chi connectivity index (χ1n) is 7.24. The van der Waals surface area contributed by atoms with Crippen LogP contribution in [0.4, 0.5) is 5.69 Å². The Labute approximate surface area is 137 Å². The van der Waals surface area contributed by atoms with E-state index in [9.17, 15) is 4.79 Å². The normalized spacial score (nSPS) is 16.6. The first-order valence-corrected chi connectivity index (χ1v) is 7.62. The number of hydrogen-bond donors (Lipinski definition) is 1. The van der Waals surface area contributed by atoms with Gasteiger partial charge in [-0.1, -0.05) is 18.5 Å². The average molecular weight is 325 g/mol. The minimum atomic E-state index is -0.110. The molecule has 6 heteroatoms. The monoisotopic (exact) mass is 324 g/mol. The minimum Gasteiger partial charge on any atom is -0.360 e. The van der Waals surface area contributed by atoms with Crippen molar-refractivity contribution in [1.29, 1.82) is 0 Å². The summed E-state index contributed by atoms with van der Waals surface area (Å²) in [7, 11) is 0. The van der Waals surface area contributed by atoms with Crippen LogP contribution in [0.3, 0.4) is 0 Å². The van der Waals surface area contributed by atoms with Crippen LogP contribution in [-0.2, 0) is 0 Å². The van der Waals surface area contributed by atoms with Crippen molar-refractivity contribution in [3.63, 3.8) is 0 Å². The van der Waals surface area contributed by atoms with E-state index in [4.69, 9.17) is 11.6 Å². The third-order valence-corrected chi connectivity index (χ3v) is 4.24. The second kappa shape index (κ2) is 5.21. The molecule has 3 aromatic rings. The number of nitrogens with zero attached hydrogens (tertiary/aromatic N) is 3. The predicted molar refractivity (Wildman–Crippen MR) is 88.9 cm³/mol. The minimum absolute atomic E-state index is 0.0895. The van der Waals surface area contributed by atoms with Crippen molar-refractivity contribution in [2.75, 3.05) is 5.32 Å². The molecule has 0 saturated heterocycles. The van der Waals surface area contributed by atoms with Gasteiger partial charge in [0, 0.05) is 30.1 Å². The predicted octanol–water partition coefficient (Wildman–Crippen LogP) is 3.68. The Bertz CT molecular complexity index is 960. The average Bonchev–Trinajstić information content (AvgIpc) is 2.98. The maximum absolute atomic E-state index is 12.8. The second-order valence-corrected chi connectivity index (χ2v) is 5.91. The van der Waals surface area contributed by atoms with Crippen LogP contribution in [0, 0.1) is 0 Å². The van der Waals surface area contributed by atoms with Gasteiger partial charge < -0.3 is 5.32 Å². The van der Waals surface area contributed by atoms with Crippen LogP contribution in [0.5, 0.6) is 0 Å². The molecule has 0 radical (unpaired) electrons. The maximum atomic E-state index is 12.8. The van der Waals surface area contributed by atoms with Gasteiger partial charge in [-0.25, -0.2) is 4.52 Å². The van der Waals surface area contributed by atoms with Gasteiger partial charge in [0.2, 0.25) is 5.78 Å². The summed E-state index contributed by atoms with van der Waals surface area (Å²) in [6.07, 6.45) is 5.16. The van der Waals surface area contributed by atoms with Crippen molar-refractivity contribution < 1.29 is 4.79 Å². The molecule has 1 aliphatic rings. The van der Waals surface area contributed by atoms with Crippen LogP contribution in [0.15, 0.2) is 54.5 Å². The van der Waals surface area contributed by atoms with Gasteiger partial charge >= 0.3 is 0 Å². The third kappa shape index (κ3) is 2.29. The fourth-order valence-corrected chi connectivity index (χ4v) is 2.95. The molecule has 0 fully saturated rings. The van der Waals surface area contributed by atoms with Gasteiger partial charge in [0.15, 0.2) is 0 Å². The number of allylic oxidation sites excluding steroid dienone is 1. The summed E-state index contributed by atoms with van der Waals surface area (Å²) < 4.78 is 1.61. The number of nitrogens with one attached hydrogen (secondary N) is 1. The van der Waals surface area contributed by atoms with Gasteiger partial charge in [-0.2, -0.15) is 5.10 Å². The zero-order chi connectivity index (χ0) is 16.0. The molecule has 0 amide bonds. The molecule has 5 nitrogen and oxygen atoms in total. The van der Waals surface area contributed by atoms with E-state index in [1.165, 1.54) is 0 Å². The van der Waals surface area contributed by atoms with Crippen molar-refractivity contribution in [3.8, 4) is 0 Å². The summed E-state index contributed by atoms with van der Waals surface area (Å²) >= 11 is 5.96. The molecular formula is C17H13ClN4O. The third-order valence-electron chi connectivity index (χ3n) is 4.02. The first kappa shape index (κ1) is 14.0. The lowest BCUT2D eigenvalue weighted by molar-refractivity contribution is 0.102. The SMILES string of the molecule is CC1C(C(=O)c2cc3ccc(Cl)cn3n2)=CNc2cccnc21.